The first kappa shape index (κ1) is 18.4. The van der Waals surface area contributed by atoms with Crippen molar-refractivity contribution in [2.75, 3.05) is 5.32 Å². The summed E-state index contributed by atoms with van der Waals surface area (Å²) in [6.07, 6.45) is 0.715. The second-order valence-electron chi connectivity index (χ2n) is 5.97. The quantitative estimate of drug-likeness (QED) is 0.692. The zero-order chi connectivity index (χ0) is 18.9. The lowest BCUT2D eigenvalue weighted by atomic mass is 10.1. The number of hydrogen-bond donors (Lipinski definition) is 2. The number of furan rings is 1. The molecule has 0 atom stereocenters. The zero-order valence-electron chi connectivity index (χ0n) is 14.0. The van der Waals surface area contributed by atoms with Gasteiger partial charge < -0.3 is 9.73 Å². The maximum absolute atomic E-state index is 12.2. The molecule has 8 heteroatoms. The van der Waals surface area contributed by atoms with Crippen molar-refractivity contribution in [3.05, 3.63) is 58.8 Å². The van der Waals surface area contributed by atoms with Crippen LogP contribution in [0.15, 0.2) is 51.8 Å². The molecule has 0 aliphatic rings. The van der Waals surface area contributed by atoms with Crippen LogP contribution in [0.3, 0.4) is 0 Å². The molecule has 3 aromatic rings. The lowest BCUT2D eigenvalue weighted by molar-refractivity contribution is -0.116. The van der Waals surface area contributed by atoms with Gasteiger partial charge in [-0.05, 0) is 49.2 Å². The number of carbonyl (C=O) groups is 1. The van der Waals surface area contributed by atoms with E-state index in [2.05, 4.69) is 5.32 Å². The van der Waals surface area contributed by atoms with Gasteiger partial charge in [-0.25, -0.2) is 13.6 Å². The van der Waals surface area contributed by atoms with Gasteiger partial charge >= 0.3 is 0 Å². The molecule has 0 radical (unpaired) electrons. The minimum Gasteiger partial charge on any atom is -0.460 e. The molecule has 3 N–H and O–H groups in total. The van der Waals surface area contributed by atoms with Crippen LogP contribution in [0.2, 0.25) is 5.02 Å². The van der Waals surface area contributed by atoms with Crippen molar-refractivity contribution in [1.82, 2.24) is 0 Å². The van der Waals surface area contributed by atoms with E-state index in [1.807, 2.05) is 13.0 Å². The standard InChI is InChI=1S/C18H17ClN2O4S/c1-11-8-13-9-14(10-16(19)18(13)25-11)21-17(22)7-4-12-2-5-15(6-3-12)26(20,23)24/h2-3,5-6,8-10H,4,7H2,1H3,(H,21,22)(H2,20,23,24). The molecule has 0 fully saturated rings. The highest BCUT2D eigenvalue weighted by Gasteiger charge is 2.11. The predicted octanol–water partition coefficient (Wildman–Crippen LogP) is 3.61. The zero-order valence-corrected chi connectivity index (χ0v) is 15.5. The Morgan fingerprint density at radius 2 is 1.88 bits per heavy atom. The number of sulfonamides is 1. The first-order valence-corrected chi connectivity index (χ1v) is 9.76. The Balaban J connectivity index is 1.64. The number of nitrogens with one attached hydrogen (secondary N) is 1. The van der Waals surface area contributed by atoms with Gasteiger partial charge in [-0.3, -0.25) is 4.79 Å². The Morgan fingerprint density at radius 1 is 1.19 bits per heavy atom. The number of halogens is 1. The van der Waals surface area contributed by atoms with Crippen LogP contribution in [0.4, 0.5) is 5.69 Å². The van der Waals surface area contributed by atoms with E-state index in [-0.39, 0.29) is 17.2 Å². The van der Waals surface area contributed by atoms with E-state index < -0.39 is 10.0 Å². The lowest BCUT2D eigenvalue weighted by Gasteiger charge is -2.07. The summed E-state index contributed by atoms with van der Waals surface area (Å²) >= 11 is 6.18. The summed E-state index contributed by atoms with van der Waals surface area (Å²) in [4.78, 5) is 12.2. The number of hydrogen-bond acceptors (Lipinski definition) is 4. The molecule has 3 rings (SSSR count). The maximum atomic E-state index is 12.2. The van der Waals surface area contributed by atoms with Crippen molar-refractivity contribution in [2.24, 2.45) is 5.14 Å². The van der Waals surface area contributed by atoms with Gasteiger partial charge in [0.15, 0.2) is 5.58 Å². The third kappa shape index (κ3) is 4.24. The number of carbonyl (C=O) groups excluding carboxylic acids is 1. The number of nitrogens with two attached hydrogens (primary N) is 1. The van der Waals surface area contributed by atoms with Crippen molar-refractivity contribution < 1.29 is 17.6 Å². The van der Waals surface area contributed by atoms with Gasteiger partial charge in [-0.2, -0.15) is 0 Å². The third-order valence-corrected chi connectivity index (χ3v) is 5.08. The Bertz CT molecular complexity index is 1070. The minimum atomic E-state index is -3.71. The second kappa shape index (κ2) is 7.11. The summed E-state index contributed by atoms with van der Waals surface area (Å²) in [6.45, 7) is 1.83. The average molecular weight is 393 g/mol. The number of benzene rings is 2. The van der Waals surface area contributed by atoms with Crippen molar-refractivity contribution in [3.63, 3.8) is 0 Å². The highest BCUT2D eigenvalue weighted by molar-refractivity contribution is 7.89. The highest BCUT2D eigenvalue weighted by Crippen LogP contribution is 2.30. The number of rotatable bonds is 5. The maximum Gasteiger partial charge on any atom is 0.238 e. The number of amides is 1. The van der Waals surface area contributed by atoms with Crippen molar-refractivity contribution in [2.45, 2.75) is 24.7 Å². The van der Waals surface area contributed by atoms with E-state index in [9.17, 15) is 13.2 Å². The van der Waals surface area contributed by atoms with E-state index in [1.54, 1.807) is 24.3 Å². The summed E-state index contributed by atoms with van der Waals surface area (Å²) in [5, 5.41) is 9.13. The summed E-state index contributed by atoms with van der Waals surface area (Å²) < 4.78 is 28.0. The molecule has 0 saturated carbocycles. The molecule has 1 heterocycles. The Labute approximate surface area is 156 Å². The van der Waals surface area contributed by atoms with E-state index in [0.29, 0.717) is 22.7 Å². The lowest BCUT2D eigenvalue weighted by Crippen LogP contribution is -2.13. The molecule has 1 amide bonds. The number of primary sulfonamides is 1. The predicted molar refractivity (Wildman–Crippen MR) is 101 cm³/mol. The molecular weight excluding hydrogens is 376 g/mol. The SMILES string of the molecule is Cc1cc2cc(NC(=O)CCc3ccc(S(N)(=O)=O)cc3)cc(Cl)c2o1. The van der Waals surface area contributed by atoms with Gasteiger partial charge in [-0.1, -0.05) is 23.7 Å². The number of fused-ring (bicyclic) bond motifs is 1. The molecule has 0 spiro atoms. The summed E-state index contributed by atoms with van der Waals surface area (Å²) in [5.41, 5.74) is 2.03. The van der Waals surface area contributed by atoms with Crippen LogP contribution in [0.1, 0.15) is 17.7 Å². The van der Waals surface area contributed by atoms with Crippen molar-refractivity contribution in [1.29, 1.82) is 0 Å². The molecule has 2 aromatic carbocycles. The van der Waals surface area contributed by atoms with Gasteiger partial charge in [-0.15, -0.1) is 0 Å². The molecule has 6 nitrogen and oxygen atoms in total. The minimum absolute atomic E-state index is 0.0454. The first-order chi connectivity index (χ1) is 12.2. The fourth-order valence-corrected chi connectivity index (χ4v) is 3.42. The molecule has 0 bridgehead atoms. The largest absolute Gasteiger partial charge is 0.460 e. The summed E-state index contributed by atoms with van der Waals surface area (Å²) in [5.74, 6) is 0.574. The van der Waals surface area contributed by atoms with Crippen LogP contribution in [0.5, 0.6) is 0 Å². The van der Waals surface area contributed by atoms with Crippen LogP contribution in [0.25, 0.3) is 11.0 Å². The van der Waals surface area contributed by atoms with Crippen LogP contribution in [-0.4, -0.2) is 14.3 Å². The Hall–Kier alpha value is -2.35. The Morgan fingerprint density at radius 3 is 2.54 bits per heavy atom. The second-order valence-corrected chi connectivity index (χ2v) is 7.94. The number of anilines is 1. The smallest absolute Gasteiger partial charge is 0.238 e. The van der Waals surface area contributed by atoms with Crippen LogP contribution in [-0.2, 0) is 21.2 Å². The van der Waals surface area contributed by atoms with Crippen molar-refractivity contribution >= 4 is 44.2 Å². The Kier molecular flexibility index (Phi) is 5.04. The van der Waals surface area contributed by atoms with Crippen LogP contribution in [0, 0.1) is 6.92 Å². The fourth-order valence-electron chi connectivity index (χ4n) is 2.64. The topological polar surface area (TPSA) is 102 Å². The normalized spacial score (nSPS) is 11.7. The van der Waals surface area contributed by atoms with E-state index in [1.165, 1.54) is 12.1 Å². The number of aryl methyl sites for hydroxylation is 2. The average Bonchev–Trinajstić information content (AvgIpc) is 2.93. The van der Waals surface area contributed by atoms with Gasteiger partial charge in [0.2, 0.25) is 15.9 Å². The fraction of sp³-hybridized carbons (Fsp3) is 0.167. The van der Waals surface area contributed by atoms with E-state index >= 15 is 0 Å². The molecule has 26 heavy (non-hydrogen) atoms. The molecule has 0 saturated heterocycles. The summed E-state index contributed by atoms with van der Waals surface area (Å²) in [7, 11) is -3.71. The van der Waals surface area contributed by atoms with Gasteiger partial charge in [0.25, 0.3) is 0 Å². The van der Waals surface area contributed by atoms with E-state index in [4.69, 9.17) is 21.2 Å². The molecule has 0 aliphatic heterocycles. The van der Waals surface area contributed by atoms with Gasteiger partial charge in [0, 0.05) is 17.5 Å². The van der Waals surface area contributed by atoms with Crippen LogP contribution >= 0.6 is 11.6 Å². The third-order valence-electron chi connectivity index (χ3n) is 3.87. The molecular formula is C18H17ClN2O4S. The van der Waals surface area contributed by atoms with Crippen LogP contribution < -0.4 is 10.5 Å². The summed E-state index contributed by atoms with van der Waals surface area (Å²) in [6, 6.07) is 11.4. The van der Waals surface area contributed by atoms with Gasteiger partial charge in [0.05, 0.1) is 9.92 Å². The van der Waals surface area contributed by atoms with E-state index in [0.717, 1.165) is 16.7 Å². The monoisotopic (exact) mass is 392 g/mol. The first-order valence-electron chi connectivity index (χ1n) is 7.84. The molecule has 0 unspecified atom stereocenters. The van der Waals surface area contributed by atoms with Gasteiger partial charge in [0.1, 0.15) is 5.76 Å². The molecule has 0 aliphatic carbocycles. The molecule has 136 valence electrons. The highest BCUT2D eigenvalue weighted by atomic mass is 35.5. The molecule has 1 aromatic heterocycles. The van der Waals surface area contributed by atoms with Crippen molar-refractivity contribution in [3.8, 4) is 0 Å².